The first-order valence-electron chi connectivity index (χ1n) is 12.4. The highest BCUT2D eigenvalue weighted by Crippen LogP contribution is 2.27. The molecule has 1 heterocycles. The van der Waals surface area contributed by atoms with Gasteiger partial charge in [0.25, 0.3) is 0 Å². The van der Waals surface area contributed by atoms with Crippen molar-refractivity contribution in [3.8, 4) is 5.75 Å². The predicted molar refractivity (Wildman–Crippen MR) is 149 cm³/mol. The van der Waals surface area contributed by atoms with E-state index < -0.39 is 0 Å². The van der Waals surface area contributed by atoms with E-state index in [0.717, 1.165) is 52.6 Å². The number of hydrogen-bond donors (Lipinski definition) is 4. The van der Waals surface area contributed by atoms with E-state index >= 15 is 0 Å². The first-order valence-corrected chi connectivity index (χ1v) is 13.6. The van der Waals surface area contributed by atoms with Gasteiger partial charge in [-0.2, -0.15) is 0 Å². The predicted octanol–water partition coefficient (Wildman–Crippen LogP) is 4.18. The maximum atomic E-state index is 12.9. The van der Waals surface area contributed by atoms with Crippen LogP contribution in [-0.4, -0.2) is 60.2 Å². The molecule has 1 amide bonds. The lowest BCUT2D eigenvalue weighted by atomic mass is 9.96. The zero-order valence-corrected chi connectivity index (χ0v) is 22.9. The molecule has 3 aromatic rings. The molecule has 0 aliphatic carbocycles. The summed E-state index contributed by atoms with van der Waals surface area (Å²) in [4.78, 5) is 29.1. The number of aromatic amines is 1. The molecule has 4 N–H and O–H groups in total. The van der Waals surface area contributed by atoms with E-state index in [-0.39, 0.29) is 21.9 Å². The lowest BCUT2D eigenvalue weighted by Gasteiger charge is -2.30. The van der Waals surface area contributed by atoms with Crippen LogP contribution in [0, 0.1) is 5.41 Å². The van der Waals surface area contributed by atoms with Crippen molar-refractivity contribution in [3.63, 3.8) is 0 Å². The summed E-state index contributed by atoms with van der Waals surface area (Å²) in [7, 11) is 0. The number of carbonyl (C=O) groups is 1. The Balaban J connectivity index is 1.41. The zero-order chi connectivity index (χ0) is 26.1. The highest BCUT2D eigenvalue weighted by atomic mass is 35.5. The number of halogens is 1. The van der Waals surface area contributed by atoms with Crippen LogP contribution in [0.3, 0.4) is 0 Å². The number of nitrogens with one attached hydrogen (secondary N) is 3. The van der Waals surface area contributed by atoms with E-state index in [1.165, 1.54) is 5.56 Å². The smallest absolute Gasteiger partial charge is 0.305 e. The molecule has 0 spiro atoms. The molecule has 0 unspecified atom stereocenters. The van der Waals surface area contributed by atoms with Gasteiger partial charge in [-0.1, -0.05) is 61.9 Å². The van der Waals surface area contributed by atoms with Crippen molar-refractivity contribution in [2.45, 2.75) is 40.0 Å². The number of H-pyrrole nitrogens is 1. The molecule has 0 aliphatic heterocycles. The lowest BCUT2D eigenvalue weighted by molar-refractivity contribution is -0.132. The minimum absolute atomic E-state index is 0.0149. The molecule has 9 heteroatoms. The molecular weight excluding hydrogens is 496 g/mol. The molecule has 36 heavy (non-hydrogen) atoms. The summed E-state index contributed by atoms with van der Waals surface area (Å²) in [6.07, 6.45) is 2.10. The second-order valence-electron chi connectivity index (χ2n) is 10.2. The Kier molecular flexibility index (Phi) is 10.4. The van der Waals surface area contributed by atoms with Crippen molar-refractivity contribution in [2.24, 2.45) is 5.41 Å². The van der Waals surface area contributed by atoms with E-state index in [1.54, 1.807) is 6.07 Å². The lowest BCUT2D eigenvalue weighted by Crippen LogP contribution is -2.42. The van der Waals surface area contributed by atoms with Gasteiger partial charge in [-0.25, -0.2) is 0 Å². The van der Waals surface area contributed by atoms with Crippen LogP contribution in [0.5, 0.6) is 5.75 Å². The van der Waals surface area contributed by atoms with Crippen LogP contribution in [0.1, 0.15) is 38.3 Å². The van der Waals surface area contributed by atoms with Crippen LogP contribution in [0.15, 0.2) is 41.2 Å². The largest absolute Gasteiger partial charge is 0.506 e. The van der Waals surface area contributed by atoms with E-state index in [1.807, 2.05) is 35.2 Å². The molecule has 0 atom stereocenters. The van der Waals surface area contributed by atoms with Crippen LogP contribution < -0.4 is 15.5 Å². The maximum Gasteiger partial charge on any atom is 0.305 e. The number of aromatic hydroxyl groups is 1. The Morgan fingerprint density at radius 1 is 1.03 bits per heavy atom. The van der Waals surface area contributed by atoms with Crippen LogP contribution >= 0.6 is 22.9 Å². The number of amides is 1. The fraction of sp³-hybridized carbons (Fsp3) is 0.481. The molecule has 0 bridgehead atoms. The second-order valence-corrected chi connectivity index (χ2v) is 11.6. The van der Waals surface area contributed by atoms with Gasteiger partial charge in [-0.05, 0) is 60.7 Å². The number of fused-ring (bicyclic) bond motifs is 1. The van der Waals surface area contributed by atoms with Gasteiger partial charge in [0, 0.05) is 37.6 Å². The quantitative estimate of drug-likeness (QED) is 0.248. The molecule has 0 fully saturated rings. The van der Waals surface area contributed by atoms with Crippen molar-refractivity contribution in [2.75, 3.05) is 39.3 Å². The third kappa shape index (κ3) is 8.92. The zero-order valence-electron chi connectivity index (χ0n) is 21.3. The van der Waals surface area contributed by atoms with Gasteiger partial charge in [0.2, 0.25) is 5.91 Å². The average molecular weight is 533 g/mol. The molecule has 196 valence electrons. The summed E-state index contributed by atoms with van der Waals surface area (Å²) in [6, 6.07) is 11.3. The third-order valence-corrected chi connectivity index (χ3v) is 7.02. The first kappa shape index (κ1) is 28.2. The van der Waals surface area contributed by atoms with E-state index in [4.69, 9.17) is 11.6 Å². The summed E-state index contributed by atoms with van der Waals surface area (Å²) >= 11 is 7.05. The molecular formula is C27H37ClN4O3S. The second kappa shape index (κ2) is 13.2. The fourth-order valence-electron chi connectivity index (χ4n) is 4.06. The molecule has 3 rings (SSSR count). The minimum Gasteiger partial charge on any atom is -0.506 e. The summed E-state index contributed by atoms with van der Waals surface area (Å²) in [5, 5.41) is 17.5. The van der Waals surface area contributed by atoms with Gasteiger partial charge in [0.1, 0.15) is 11.3 Å². The van der Waals surface area contributed by atoms with Gasteiger partial charge in [-0.3, -0.25) is 9.59 Å². The number of aromatic nitrogens is 1. The number of thiazole rings is 1. The van der Waals surface area contributed by atoms with Crippen molar-refractivity contribution >= 4 is 39.1 Å². The Morgan fingerprint density at radius 3 is 2.44 bits per heavy atom. The molecule has 0 radical (unpaired) electrons. The standard InChI is InChI=1S/C27H37ClN4O3S/c1-27(2,3)18-32(23(34)12-15-29-13-10-19-4-7-21(28)8-5-19)17-16-30-14-11-20-6-9-22(33)24-25(20)36-26(35)31-24/h4-9,29-30,33H,10-18H2,1-3H3,(H,31,35). The normalized spacial score (nSPS) is 11.8. The van der Waals surface area contributed by atoms with Gasteiger partial charge >= 0.3 is 4.87 Å². The SMILES string of the molecule is CC(C)(C)CN(CCNCCc1ccc(O)c2[nH]c(=O)sc12)C(=O)CCNCCc1ccc(Cl)cc1. The van der Waals surface area contributed by atoms with Crippen molar-refractivity contribution in [1.82, 2.24) is 20.5 Å². The molecule has 1 aromatic heterocycles. The third-order valence-electron chi connectivity index (χ3n) is 5.81. The van der Waals surface area contributed by atoms with Crippen LogP contribution in [-0.2, 0) is 17.6 Å². The number of phenolic OH excluding ortho intramolecular Hbond substituents is 1. The minimum atomic E-state index is -0.170. The van der Waals surface area contributed by atoms with Crippen LogP contribution in [0.4, 0.5) is 0 Å². The highest BCUT2D eigenvalue weighted by Gasteiger charge is 2.20. The number of carbonyl (C=O) groups excluding carboxylic acids is 1. The Labute approximate surface area is 221 Å². The summed E-state index contributed by atoms with van der Waals surface area (Å²) in [6.45, 7) is 10.6. The Morgan fingerprint density at radius 2 is 1.72 bits per heavy atom. The van der Waals surface area contributed by atoms with Gasteiger partial charge in [0.15, 0.2) is 0 Å². The van der Waals surface area contributed by atoms with Gasteiger partial charge in [0.05, 0.1) is 4.70 Å². The van der Waals surface area contributed by atoms with Crippen molar-refractivity contribution in [1.29, 1.82) is 0 Å². The molecule has 2 aromatic carbocycles. The molecule has 7 nitrogen and oxygen atoms in total. The molecule has 0 aliphatic rings. The van der Waals surface area contributed by atoms with E-state index in [9.17, 15) is 14.7 Å². The average Bonchev–Trinajstić information content (AvgIpc) is 3.22. The summed E-state index contributed by atoms with van der Waals surface area (Å²) in [5.41, 5.74) is 2.76. The Bertz CT molecular complexity index is 1180. The monoisotopic (exact) mass is 532 g/mol. The van der Waals surface area contributed by atoms with Crippen molar-refractivity contribution in [3.05, 3.63) is 62.2 Å². The van der Waals surface area contributed by atoms with E-state index in [0.29, 0.717) is 38.1 Å². The van der Waals surface area contributed by atoms with Gasteiger partial charge < -0.3 is 25.6 Å². The first-order chi connectivity index (χ1) is 17.1. The number of phenols is 1. The van der Waals surface area contributed by atoms with E-state index in [2.05, 4.69) is 36.4 Å². The van der Waals surface area contributed by atoms with Crippen LogP contribution in [0.25, 0.3) is 10.2 Å². The number of hydrogen-bond acceptors (Lipinski definition) is 6. The number of nitrogens with zero attached hydrogens (tertiary/aromatic N) is 1. The van der Waals surface area contributed by atoms with Gasteiger partial charge in [-0.15, -0.1) is 0 Å². The fourth-order valence-corrected chi connectivity index (χ4v) is 5.08. The summed E-state index contributed by atoms with van der Waals surface area (Å²) in [5.74, 6) is 0.249. The van der Waals surface area contributed by atoms with Crippen molar-refractivity contribution < 1.29 is 9.90 Å². The molecule has 0 saturated heterocycles. The topological polar surface area (TPSA) is 97.5 Å². The summed E-state index contributed by atoms with van der Waals surface area (Å²) < 4.78 is 0.801. The maximum absolute atomic E-state index is 12.9. The Hall–Kier alpha value is -2.39. The highest BCUT2D eigenvalue weighted by molar-refractivity contribution is 7.16. The van der Waals surface area contributed by atoms with Crippen LogP contribution in [0.2, 0.25) is 5.02 Å². The molecule has 0 saturated carbocycles. The number of benzene rings is 2. The number of rotatable bonds is 13.